The van der Waals surface area contributed by atoms with Crippen molar-refractivity contribution in [3.8, 4) is 0 Å². The number of hydrogen-bond donors (Lipinski definition) is 1. The zero-order chi connectivity index (χ0) is 14.7. The molecule has 1 saturated heterocycles. The Bertz CT molecular complexity index is 424. The summed E-state index contributed by atoms with van der Waals surface area (Å²) in [5, 5.41) is 5.83. The largest absolute Gasteiger partial charge is 0.339 e. The summed E-state index contributed by atoms with van der Waals surface area (Å²) in [6.45, 7) is 8.91. The zero-order valence-corrected chi connectivity index (χ0v) is 14.3. The van der Waals surface area contributed by atoms with Gasteiger partial charge in [0.15, 0.2) is 5.82 Å². The molecule has 1 fully saturated rings. The Morgan fingerprint density at radius 2 is 2.10 bits per heavy atom. The molecule has 1 aliphatic heterocycles. The van der Waals surface area contributed by atoms with E-state index in [1.807, 2.05) is 23.5 Å². The van der Waals surface area contributed by atoms with Crippen molar-refractivity contribution < 1.29 is 4.52 Å². The summed E-state index contributed by atoms with van der Waals surface area (Å²) in [4.78, 5) is 4.55. The summed E-state index contributed by atoms with van der Waals surface area (Å²) in [5.41, 5.74) is 6.10. The number of rotatable bonds is 5. The molecule has 6 heteroatoms. The lowest BCUT2D eigenvalue weighted by Gasteiger charge is -2.29. The van der Waals surface area contributed by atoms with Gasteiger partial charge in [-0.25, -0.2) is 0 Å². The van der Waals surface area contributed by atoms with Gasteiger partial charge in [0, 0.05) is 28.7 Å². The highest BCUT2D eigenvalue weighted by molar-refractivity contribution is 8.07. The van der Waals surface area contributed by atoms with Gasteiger partial charge < -0.3 is 10.3 Å². The number of thioether (sulfide) groups is 2. The Morgan fingerprint density at radius 1 is 1.35 bits per heavy atom. The molecule has 0 amide bonds. The first-order chi connectivity index (χ1) is 9.45. The van der Waals surface area contributed by atoms with Gasteiger partial charge in [-0.15, -0.1) is 11.8 Å². The second-order valence-corrected chi connectivity index (χ2v) is 9.00. The molecule has 0 bridgehead atoms. The average molecular weight is 316 g/mol. The third-order valence-electron chi connectivity index (χ3n) is 3.53. The number of hydrogen-bond acceptors (Lipinski definition) is 6. The van der Waals surface area contributed by atoms with E-state index in [2.05, 4.69) is 37.8 Å². The molecule has 0 aromatic carbocycles. The van der Waals surface area contributed by atoms with Crippen molar-refractivity contribution in [2.45, 2.75) is 62.3 Å². The molecule has 2 heterocycles. The Balaban J connectivity index is 1.92. The van der Waals surface area contributed by atoms with E-state index in [4.69, 9.17) is 10.3 Å². The maximum atomic E-state index is 6.10. The quantitative estimate of drug-likeness (QED) is 0.899. The second-order valence-electron chi connectivity index (χ2n) is 6.01. The predicted molar refractivity (Wildman–Crippen MR) is 87.1 cm³/mol. The smallest absolute Gasteiger partial charge is 0.228 e. The van der Waals surface area contributed by atoms with E-state index in [0.29, 0.717) is 34.0 Å². The van der Waals surface area contributed by atoms with Crippen LogP contribution in [-0.2, 0) is 6.42 Å². The molecule has 1 aromatic heterocycles. The van der Waals surface area contributed by atoms with Crippen LogP contribution in [0.4, 0.5) is 0 Å². The first-order valence-corrected chi connectivity index (χ1v) is 9.30. The molecule has 0 aliphatic carbocycles. The fraction of sp³-hybridized carbons (Fsp3) is 0.857. The van der Waals surface area contributed by atoms with Crippen LogP contribution >= 0.6 is 23.5 Å². The molecule has 0 saturated carbocycles. The molecule has 20 heavy (non-hydrogen) atoms. The summed E-state index contributed by atoms with van der Waals surface area (Å²) in [6, 6.07) is 0.107. The lowest BCUT2D eigenvalue weighted by Crippen LogP contribution is -2.25. The number of aromatic nitrogens is 2. The Hall–Kier alpha value is -0.200. The molecule has 2 N–H and O–H groups in total. The van der Waals surface area contributed by atoms with Crippen molar-refractivity contribution in [3.63, 3.8) is 0 Å². The highest BCUT2D eigenvalue weighted by Gasteiger charge is 2.30. The molecular formula is C14H25N3OS2. The molecule has 1 aromatic rings. The fourth-order valence-corrected chi connectivity index (χ4v) is 5.15. The van der Waals surface area contributed by atoms with E-state index in [9.17, 15) is 0 Å². The molecule has 4 unspecified atom stereocenters. The Morgan fingerprint density at radius 3 is 2.75 bits per heavy atom. The van der Waals surface area contributed by atoms with Gasteiger partial charge in [0.05, 0.1) is 5.25 Å². The van der Waals surface area contributed by atoms with E-state index < -0.39 is 0 Å². The highest BCUT2D eigenvalue weighted by atomic mass is 32.2. The highest BCUT2D eigenvalue weighted by Crippen LogP contribution is 2.43. The Labute approximate surface area is 130 Å². The zero-order valence-electron chi connectivity index (χ0n) is 12.7. The van der Waals surface area contributed by atoms with Crippen molar-refractivity contribution in [1.82, 2.24) is 10.1 Å². The molecule has 0 radical (unpaired) electrons. The van der Waals surface area contributed by atoms with Gasteiger partial charge in [0.2, 0.25) is 5.89 Å². The Kier molecular flexibility index (Phi) is 5.81. The third-order valence-corrected chi connectivity index (χ3v) is 6.92. The van der Waals surface area contributed by atoms with Crippen molar-refractivity contribution in [2.24, 2.45) is 11.7 Å². The maximum Gasteiger partial charge on any atom is 0.228 e. The van der Waals surface area contributed by atoms with Crippen LogP contribution in [0, 0.1) is 5.92 Å². The average Bonchev–Trinajstić information content (AvgIpc) is 2.80. The molecular weight excluding hydrogens is 290 g/mol. The fourth-order valence-electron chi connectivity index (χ4n) is 2.31. The normalized spacial score (nSPS) is 28.8. The number of nitrogens with two attached hydrogens (primary N) is 1. The molecule has 4 nitrogen and oxygen atoms in total. The lowest BCUT2D eigenvalue weighted by atomic mass is 10.0. The molecule has 0 spiro atoms. The number of nitrogens with zero attached hydrogens (tertiary/aromatic N) is 2. The van der Waals surface area contributed by atoms with Gasteiger partial charge in [0.1, 0.15) is 0 Å². The second kappa shape index (κ2) is 7.18. The summed E-state index contributed by atoms with van der Waals surface area (Å²) < 4.78 is 5.37. The van der Waals surface area contributed by atoms with Crippen molar-refractivity contribution >= 4 is 23.5 Å². The van der Waals surface area contributed by atoms with Crippen LogP contribution in [-0.4, -0.2) is 32.4 Å². The SMILES string of the molecule is CC(C)CC(N)Cc1nc(C2CSC(C)C(C)S2)no1. The van der Waals surface area contributed by atoms with Crippen LogP contribution in [0.5, 0.6) is 0 Å². The minimum atomic E-state index is 0.107. The first-order valence-electron chi connectivity index (χ1n) is 7.30. The van der Waals surface area contributed by atoms with E-state index in [1.165, 1.54) is 0 Å². The van der Waals surface area contributed by atoms with Crippen molar-refractivity contribution in [2.75, 3.05) is 5.75 Å². The van der Waals surface area contributed by atoms with Crippen molar-refractivity contribution in [1.29, 1.82) is 0 Å². The van der Waals surface area contributed by atoms with E-state index in [1.54, 1.807) is 0 Å². The van der Waals surface area contributed by atoms with Gasteiger partial charge in [-0.2, -0.15) is 16.7 Å². The topological polar surface area (TPSA) is 64.9 Å². The van der Waals surface area contributed by atoms with E-state index >= 15 is 0 Å². The molecule has 2 rings (SSSR count). The molecule has 4 atom stereocenters. The monoisotopic (exact) mass is 315 g/mol. The van der Waals surface area contributed by atoms with E-state index in [0.717, 1.165) is 18.0 Å². The predicted octanol–water partition coefficient (Wildman–Crippen LogP) is 3.28. The summed E-state index contributed by atoms with van der Waals surface area (Å²) in [6.07, 6.45) is 1.67. The standard InChI is InChI=1S/C14H25N3OS2/c1-8(2)5-11(15)6-13-16-14(17-18-13)12-7-19-9(3)10(4)20-12/h8-12H,5-7,15H2,1-4H3. The third kappa shape index (κ3) is 4.40. The van der Waals surface area contributed by atoms with Crippen LogP contribution in [0.2, 0.25) is 0 Å². The first kappa shape index (κ1) is 16.2. The molecule has 1 aliphatic rings. The van der Waals surface area contributed by atoms with Crippen LogP contribution in [0.25, 0.3) is 0 Å². The van der Waals surface area contributed by atoms with Gasteiger partial charge in [0.25, 0.3) is 0 Å². The van der Waals surface area contributed by atoms with E-state index in [-0.39, 0.29) is 6.04 Å². The van der Waals surface area contributed by atoms with Gasteiger partial charge in [-0.1, -0.05) is 32.9 Å². The van der Waals surface area contributed by atoms with Crippen LogP contribution in [0.1, 0.15) is 51.1 Å². The maximum absolute atomic E-state index is 6.10. The summed E-state index contributed by atoms with van der Waals surface area (Å²) >= 11 is 3.95. The van der Waals surface area contributed by atoms with Gasteiger partial charge in [-0.05, 0) is 12.3 Å². The van der Waals surface area contributed by atoms with Gasteiger partial charge in [-0.3, -0.25) is 0 Å². The van der Waals surface area contributed by atoms with Crippen molar-refractivity contribution in [3.05, 3.63) is 11.7 Å². The van der Waals surface area contributed by atoms with Crippen LogP contribution in [0.3, 0.4) is 0 Å². The van der Waals surface area contributed by atoms with Gasteiger partial charge >= 0.3 is 0 Å². The van der Waals surface area contributed by atoms with Crippen LogP contribution in [0.15, 0.2) is 4.52 Å². The minimum absolute atomic E-state index is 0.107. The summed E-state index contributed by atoms with van der Waals surface area (Å²) in [7, 11) is 0. The summed E-state index contributed by atoms with van der Waals surface area (Å²) in [5.74, 6) is 3.19. The minimum Gasteiger partial charge on any atom is -0.339 e. The van der Waals surface area contributed by atoms with Crippen LogP contribution < -0.4 is 5.73 Å². The molecule has 114 valence electrons. The lowest BCUT2D eigenvalue weighted by molar-refractivity contribution is 0.355.